The molecule has 2 N–H and O–H groups in total. The molecule has 0 bridgehead atoms. The van der Waals surface area contributed by atoms with Gasteiger partial charge in [0.25, 0.3) is 5.56 Å². The first-order valence-corrected chi connectivity index (χ1v) is 8.18. The number of nitrogens with zero attached hydrogens (tertiary/aromatic N) is 3. The van der Waals surface area contributed by atoms with Crippen LogP contribution in [0.1, 0.15) is 25.7 Å². The molecule has 1 aromatic heterocycles. The zero-order valence-electron chi connectivity index (χ0n) is 13.7. The molecule has 132 valence electrons. The summed E-state index contributed by atoms with van der Waals surface area (Å²) in [7, 11) is 0. The van der Waals surface area contributed by atoms with E-state index < -0.39 is 17.3 Å². The lowest BCUT2D eigenvalue weighted by Gasteiger charge is -2.28. The molecule has 0 saturated heterocycles. The minimum absolute atomic E-state index is 0.0402. The Bertz CT molecular complexity index is 874. The maximum atomic E-state index is 13.4. The summed E-state index contributed by atoms with van der Waals surface area (Å²) in [4.78, 5) is 42.0. The van der Waals surface area contributed by atoms with Crippen LogP contribution in [0.25, 0.3) is 10.9 Å². The number of amides is 2. The van der Waals surface area contributed by atoms with Crippen molar-refractivity contribution in [3.8, 4) is 0 Å². The monoisotopic (exact) mass is 346 g/mol. The van der Waals surface area contributed by atoms with Gasteiger partial charge in [0.05, 0.1) is 23.8 Å². The van der Waals surface area contributed by atoms with Gasteiger partial charge in [-0.1, -0.05) is 12.8 Å². The van der Waals surface area contributed by atoms with Gasteiger partial charge in [-0.2, -0.15) is 0 Å². The number of hydrogen-bond acceptors (Lipinski definition) is 4. The highest BCUT2D eigenvalue weighted by atomic mass is 19.1. The maximum absolute atomic E-state index is 13.4. The Labute approximate surface area is 143 Å². The molecule has 2 amide bonds. The Morgan fingerprint density at radius 3 is 2.72 bits per heavy atom. The van der Waals surface area contributed by atoms with E-state index in [1.165, 1.54) is 23.4 Å². The molecule has 1 aromatic carbocycles. The molecule has 0 radical (unpaired) electrons. The molecular formula is C17H19FN4O3. The van der Waals surface area contributed by atoms with Gasteiger partial charge in [0.2, 0.25) is 11.8 Å². The molecule has 25 heavy (non-hydrogen) atoms. The molecule has 0 spiro atoms. The first-order valence-electron chi connectivity index (χ1n) is 8.18. The number of aromatic nitrogens is 2. The number of carbonyl (C=O) groups is 2. The zero-order chi connectivity index (χ0) is 18.0. The number of carbonyl (C=O) groups excluding carboxylic acids is 2. The van der Waals surface area contributed by atoms with Crippen LogP contribution in [-0.4, -0.2) is 38.9 Å². The zero-order valence-corrected chi connectivity index (χ0v) is 13.7. The van der Waals surface area contributed by atoms with Gasteiger partial charge >= 0.3 is 0 Å². The summed E-state index contributed by atoms with van der Waals surface area (Å²) in [6.45, 7) is -0.435. The Hall–Kier alpha value is -2.77. The third-order valence-electron chi connectivity index (χ3n) is 4.50. The third-order valence-corrected chi connectivity index (χ3v) is 4.50. The van der Waals surface area contributed by atoms with Crippen LogP contribution in [0.15, 0.2) is 29.3 Å². The normalized spacial score (nSPS) is 14.8. The van der Waals surface area contributed by atoms with E-state index in [0.29, 0.717) is 5.52 Å². The van der Waals surface area contributed by atoms with Crippen molar-refractivity contribution in [1.82, 2.24) is 14.5 Å². The summed E-state index contributed by atoms with van der Waals surface area (Å²) in [6.07, 6.45) is 4.87. The Kier molecular flexibility index (Phi) is 4.78. The highest BCUT2D eigenvalue weighted by Gasteiger charge is 2.28. The van der Waals surface area contributed by atoms with Gasteiger partial charge in [0.1, 0.15) is 12.4 Å². The fourth-order valence-corrected chi connectivity index (χ4v) is 3.29. The number of primary amides is 1. The molecule has 1 aliphatic rings. The summed E-state index contributed by atoms with van der Waals surface area (Å²) in [5.74, 6) is -1.51. The first kappa shape index (κ1) is 17.1. The van der Waals surface area contributed by atoms with Crippen molar-refractivity contribution in [2.45, 2.75) is 38.3 Å². The van der Waals surface area contributed by atoms with Gasteiger partial charge in [0.15, 0.2) is 0 Å². The van der Waals surface area contributed by atoms with E-state index >= 15 is 0 Å². The smallest absolute Gasteiger partial charge is 0.261 e. The SMILES string of the molecule is NC(=O)CN(C(=O)Cn1cnc2ccc(F)cc2c1=O)C1CCCC1. The summed E-state index contributed by atoms with van der Waals surface area (Å²) < 4.78 is 14.5. The van der Waals surface area contributed by atoms with Crippen molar-refractivity contribution in [1.29, 1.82) is 0 Å². The molecule has 1 saturated carbocycles. The van der Waals surface area contributed by atoms with Crippen molar-refractivity contribution in [2.75, 3.05) is 6.54 Å². The molecule has 1 fully saturated rings. The average molecular weight is 346 g/mol. The van der Waals surface area contributed by atoms with Crippen LogP contribution in [0, 0.1) is 5.82 Å². The number of hydrogen-bond donors (Lipinski definition) is 1. The molecule has 1 heterocycles. The van der Waals surface area contributed by atoms with Crippen molar-refractivity contribution in [3.63, 3.8) is 0 Å². The molecule has 1 aliphatic carbocycles. The van der Waals surface area contributed by atoms with Gasteiger partial charge in [-0.15, -0.1) is 0 Å². The van der Waals surface area contributed by atoms with Crippen LogP contribution in [0.2, 0.25) is 0 Å². The van der Waals surface area contributed by atoms with E-state index in [-0.39, 0.29) is 30.4 Å². The van der Waals surface area contributed by atoms with Crippen LogP contribution in [-0.2, 0) is 16.1 Å². The number of halogens is 1. The summed E-state index contributed by atoms with van der Waals surface area (Å²) in [5, 5.41) is 0.109. The highest BCUT2D eigenvalue weighted by molar-refractivity contribution is 5.84. The van der Waals surface area contributed by atoms with Crippen LogP contribution in [0.4, 0.5) is 4.39 Å². The average Bonchev–Trinajstić information content (AvgIpc) is 3.09. The molecule has 0 aliphatic heterocycles. The molecule has 2 aromatic rings. The van der Waals surface area contributed by atoms with E-state index in [1.54, 1.807) is 0 Å². The Morgan fingerprint density at radius 2 is 2.04 bits per heavy atom. The van der Waals surface area contributed by atoms with Crippen molar-refractivity contribution in [3.05, 3.63) is 40.7 Å². The van der Waals surface area contributed by atoms with E-state index in [0.717, 1.165) is 36.3 Å². The fourth-order valence-electron chi connectivity index (χ4n) is 3.29. The van der Waals surface area contributed by atoms with Gasteiger partial charge in [-0.05, 0) is 31.0 Å². The first-order chi connectivity index (χ1) is 12.0. The second kappa shape index (κ2) is 7.00. The van der Waals surface area contributed by atoms with Gasteiger partial charge in [0, 0.05) is 6.04 Å². The predicted molar refractivity (Wildman–Crippen MR) is 89.1 cm³/mol. The second-order valence-corrected chi connectivity index (χ2v) is 6.27. The molecule has 8 heteroatoms. The van der Waals surface area contributed by atoms with E-state index in [4.69, 9.17) is 5.73 Å². The Morgan fingerprint density at radius 1 is 1.32 bits per heavy atom. The fraction of sp³-hybridized carbons (Fsp3) is 0.412. The van der Waals surface area contributed by atoms with E-state index in [1.807, 2.05) is 0 Å². The van der Waals surface area contributed by atoms with Crippen LogP contribution >= 0.6 is 0 Å². The van der Waals surface area contributed by atoms with Crippen molar-refractivity contribution >= 4 is 22.7 Å². The second-order valence-electron chi connectivity index (χ2n) is 6.27. The molecule has 0 unspecified atom stereocenters. The minimum Gasteiger partial charge on any atom is -0.368 e. The lowest BCUT2D eigenvalue weighted by atomic mass is 10.2. The van der Waals surface area contributed by atoms with Crippen molar-refractivity contribution < 1.29 is 14.0 Å². The molecular weight excluding hydrogens is 327 g/mol. The summed E-state index contributed by atoms with van der Waals surface area (Å²) >= 11 is 0. The Balaban J connectivity index is 1.87. The minimum atomic E-state index is -0.591. The standard InChI is InChI=1S/C17H19FN4O3/c18-11-5-6-14-13(7-11)17(25)21(10-20-14)9-16(24)22(8-15(19)23)12-3-1-2-4-12/h5-7,10,12H,1-4,8-9H2,(H2,19,23). The van der Waals surface area contributed by atoms with Crippen LogP contribution in [0.3, 0.4) is 0 Å². The third kappa shape index (κ3) is 3.67. The topological polar surface area (TPSA) is 98.3 Å². The maximum Gasteiger partial charge on any atom is 0.261 e. The summed E-state index contributed by atoms with van der Waals surface area (Å²) in [5.41, 5.74) is 5.12. The number of fused-ring (bicyclic) bond motifs is 1. The van der Waals surface area contributed by atoms with Crippen molar-refractivity contribution in [2.24, 2.45) is 5.73 Å². The van der Waals surface area contributed by atoms with Crippen LogP contribution in [0.5, 0.6) is 0 Å². The largest absolute Gasteiger partial charge is 0.368 e. The van der Waals surface area contributed by atoms with Crippen LogP contribution < -0.4 is 11.3 Å². The lowest BCUT2D eigenvalue weighted by Crippen LogP contribution is -2.46. The summed E-state index contributed by atoms with van der Waals surface area (Å²) in [6, 6.07) is 3.69. The van der Waals surface area contributed by atoms with E-state index in [2.05, 4.69) is 4.98 Å². The number of benzene rings is 1. The van der Waals surface area contributed by atoms with Gasteiger partial charge in [-0.3, -0.25) is 19.0 Å². The van der Waals surface area contributed by atoms with Gasteiger partial charge in [-0.25, -0.2) is 9.37 Å². The quantitative estimate of drug-likeness (QED) is 0.865. The highest BCUT2D eigenvalue weighted by Crippen LogP contribution is 2.23. The van der Waals surface area contributed by atoms with Gasteiger partial charge < -0.3 is 10.6 Å². The lowest BCUT2D eigenvalue weighted by molar-refractivity contribution is -0.138. The molecule has 3 rings (SSSR count). The van der Waals surface area contributed by atoms with E-state index in [9.17, 15) is 18.8 Å². The molecule has 7 nitrogen and oxygen atoms in total. The molecule has 0 atom stereocenters. The number of nitrogens with two attached hydrogens (primary N) is 1. The predicted octanol–water partition coefficient (Wildman–Crippen LogP) is 0.792. The number of rotatable bonds is 5.